The highest BCUT2D eigenvalue weighted by atomic mass is 79.9. The van der Waals surface area contributed by atoms with Crippen LogP contribution in [0.1, 0.15) is 5.56 Å². The number of hydrogen-bond donors (Lipinski definition) is 0. The lowest BCUT2D eigenvalue weighted by Gasteiger charge is -1.93. The molecule has 0 N–H and O–H groups in total. The van der Waals surface area contributed by atoms with E-state index < -0.39 is 0 Å². The van der Waals surface area contributed by atoms with Gasteiger partial charge in [0.2, 0.25) is 0 Å². The van der Waals surface area contributed by atoms with E-state index in [1.807, 2.05) is 18.2 Å². The van der Waals surface area contributed by atoms with Crippen molar-refractivity contribution in [2.45, 2.75) is 0 Å². The number of benzene rings is 1. The van der Waals surface area contributed by atoms with E-state index in [9.17, 15) is 0 Å². The van der Waals surface area contributed by atoms with E-state index in [-0.39, 0.29) is 0 Å². The Morgan fingerprint density at radius 2 is 2.20 bits per heavy atom. The number of fused-ring (bicyclic) bond motifs is 1. The Hall–Kier alpha value is -0.830. The van der Waals surface area contributed by atoms with E-state index in [2.05, 4.69) is 26.5 Å². The van der Waals surface area contributed by atoms with Gasteiger partial charge in [0.1, 0.15) is 0 Å². The van der Waals surface area contributed by atoms with Crippen LogP contribution in [0.2, 0.25) is 0 Å². The Balaban J connectivity index is 2.59. The molecule has 0 saturated carbocycles. The minimum absolute atomic E-state index is 0.939. The summed E-state index contributed by atoms with van der Waals surface area (Å²) in [5.74, 6) is 0. The molecule has 0 aromatic heterocycles. The Kier molecular flexibility index (Phi) is 1.24. The minimum Gasteiger partial charge on any atom is -0.158 e. The molecule has 3 heteroatoms. The molecule has 2 nitrogen and oxygen atoms in total. The summed E-state index contributed by atoms with van der Waals surface area (Å²) in [7, 11) is 0. The van der Waals surface area contributed by atoms with Crippen LogP contribution in [0.25, 0.3) is 0 Å². The maximum atomic E-state index is 3.90. The highest BCUT2D eigenvalue weighted by Crippen LogP contribution is 2.22. The summed E-state index contributed by atoms with van der Waals surface area (Å²) in [5, 5.41) is 3.77. The van der Waals surface area contributed by atoms with Crippen LogP contribution in [0.4, 0.5) is 5.69 Å². The van der Waals surface area contributed by atoms with Gasteiger partial charge in [0.05, 0.1) is 11.9 Å². The summed E-state index contributed by atoms with van der Waals surface area (Å²) in [6, 6.07) is 5.91. The summed E-state index contributed by atoms with van der Waals surface area (Å²) in [5.41, 5.74) is 5.93. The predicted octanol–water partition coefficient (Wildman–Crippen LogP) is 2.03. The second-order valence-corrected chi connectivity index (χ2v) is 2.96. The molecule has 1 aromatic rings. The molecule has 1 aromatic carbocycles. The Labute approximate surface area is 67.1 Å². The van der Waals surface area contributed by atoms with Crippen LogP contribution >= 0.6 is 15.9 Å². The van der Waals surface area contributed by atoms with Crippen LogP contribution < -0.4 is 5.43 Å². The van der Waals surface area contributed by atoms with Crippen molar-refractivity contribution in [2.24, 2.45) is 5.10 Å². The van der Waals surface area contributed by atoms with Crippen LogP contribution in [-0.4, -0.2) is 6.21 Å². The third kappa shape index (κ3) is 0.827. The van der Waals surface area contributed by atoms with Gasteiger partial charge in [-0.2, -0.15) is 10.5 Å². The fraction of sp³-hybridized carbons (Fsp3) is 0. The first-order chi connectivity index (χ1) is 4.86. The zero-order valence-corrected chi connectivity index (χ0v) is 6.67. The lowest BCUT2D eigenvalue weighted by atomic mass is 10.2. The second-order valence-electron chi connectivity index (χ2n) is 2.05. The van der Waals surface area contributed by atoms with Crippen molar-refractivity contribution in [1.29, 1.82) is 0 Å². The fourth-order valence-corrected chi connectivity index (χ4v) is 1.21. The number of hydrogen-bond acceptors (Lipinski definition) is 1. The predicted molar refractivity (Wildman–Crippen MR) is 43.5 cm³/mol. The number of halogens is 1. The van der Waals surface area contributed by atoms with Crippen LogP contribution in [-0.2, 0) is 0 Å². The molecule has 0 bridgehead atoms. The van der Waals surface area contributed by atoms with Gasteiger partial charge in [0.15, 0.2) is 0 Å². The third-order valence-electron chi connectivity index (χ3n) is 1.35. The smallest absolute Gasteiger partial charge is 0.0956 e. The van der Waals surface area contributed by atoms with Gasteiger partial charge in [-0.3, -0.25) is 0 Å². The molecular formula is C7H4BrN2. The quantitative estimate of drug-likeness (QED) is 0.606. The normalized spacial score (nSPS) is 12.9. The third-order valence-corrected chi connectivity index (χ3v) is 1.85. The molecule has 1 radical (unpaired) electrons. The first kappa shape index (κ1) is 5.92. The average Bonchev–Trinajstić information content (AvgIpc) is 2.33. The van der Waals surface area contributed by atoms with Crippen molar-refractivity contribution in [3.05, 3.63) is 28.2 Å². The molecule has 10 heavy (non-hydrogen) atoms. The minimum atomic E-state index is 0.939. The van der Waals surface area contributed by atoms with Gasteiger partial charge in [-0.25, -0.2) is 0 Å². The lowest BCUT2D eigenvalue weighted by molar-refractivity contribution is 0.990. The maximum absolute atomic E-state index is 3.90. The van der Waals surface area contributed by atoms with Crippen LogP contribution in [0.5, 0.6) is 0 Å². The number of rotatable bonds is 0. The highest BCUT2D eigenvalue weighted by Gasteiger charge is 2.06. The Bertz CT molecular complexity index is 294. The number of nitrogens with zero attached hydrogens (tertiary/aromatic N) is 2. The fourth-order valence-electron chi connectivity index (χ4n) is 0.866. The molecular weight excluding hydrogens is 192 g/mol. The van der Waals surface area contributed by atoms with Gasteiger partial charge in [-0.15, -0.1) is 0 Å². The van der Waals surface area contributed by atoms with E-state index in [0.29, 0.717) is 0 Å². The molecule has 0 saturated heterocycles. The molecule has 1 heterocycles. The van der Waals surface area contributed by atoms with E-state index in [1.165, 1.54) is 0 Å². The van der Waals surface area contributed by atoms with Crippen LogP contribution in [0.3, 0.4) is 0 Å². The van der Waals surface area contributed by atoms with Gasteiger partial charge in [-0.1, -0.05) is 22.0 Å². The lowest BCUT2D eigenvalue weighted by Crippen LogP contribution is -1.80. The molecule has 1 aliphatic rings. The standard InChI is InChI=1S/C7H4BrN2/c8-6-2-1-5-4-9-10-7(5)3-6/h1-4H. The molecule has 0 spiro atoms. The summed E-state index contributed by atoms with van der Waals surface area (Å²) in [6.45, 7) is 0. The van der Waals surface area contributed by atoms with Crippen molar-refractivity contribution in [3.8, 4) is 0 Å². The van der Waals surface area contributed by atoms with Crippen LogP contribution in [0, 0.1) is 0 Å². The van der Waals surface area contributed by atoms with Gasteiger partial charge >= 0.3 is 0 Å². The summed E-state index contributed by atoms with van der Waals surface area (Å²) >= 11 is 3.35. The SMILES string of the molecule is Brc1ccc2c(c1)[N]N=C2. The van der Waals surface area contributed by atoms with Crippen molar-refractivity contribution in [3.63, 3.8) is 0 Å². The van der Waals surface area contributed by atoms with Crippen molar-refractivity contribution in [2.75, 3.05) is 0 Å². The highest BCUT2D eigenvalue weighted by molar-refractivity contribution is 9.10. The van der Waals surface area contributed by atoms with E-state index in [4.69, 9.17) is 0 Å². The first-order valence-electron chi connectivity index (χ1n) is 2.90. The molecule has 2 rings (SSSR count). The monoisotopic (exact) mass is 195 g/mol. The molecule has 0 atom stereocenters. The largest absolute Gasteiger partial charge is 0.158 e. The van der Waals surface area contributed by atoms with Gasteiger partial charge in [-0.05, 0) is 12.1 Å². The first-order valence-corrected chi connectivity index (χ1v) is 3.69. The van der Waals surface area contributed by atoms with E-state index in [1.54, 1.807) is 6.21 Å². The zero-order valence-electron chi connectivity index (χ0n) is 5.08. The molecule has 0 aliphatic carbocycles. The Morgan fingerprint density at radius 1 is 1.30 bits per heavy atom. The molecule has 0 fully saturated rings. The topological polar surface area (TPSA) is 26.5 Å². The molecule has 49 valence electrons. The second kappa shape index (κ2) is 2.09. The average molecular weight is 196 g/mol. The van der Waals surface area contributed by atoms with Crippen molar-refractivity contribution < 1.29 is 0 Å². The van der Waals surface area contributed by atoms with Crippen molar-refractivity contribution in [1.82, 2.24) is 5.43 Å². The zero-order chi connectivity index (χ0) is 6.97. The van der Waals surface area contributed by atoms with Gasteiger partial charge in [0, 0.05) is 10.0 Å². The van der Waals surface area contributed by atoms with Gasteiger partial charge in [0.25, 0.3) is 0 Å². The van der Waals surface area contributed by atoms with Crippen molar-refractivity contribution >= 4 is 27.8 Å². The van der Waals surface area contributed by atoms with Crippen LogP contribution in [0.15, 0.2) is 27.8 Å². The molecule has 1 aliphatic heterocycles. The summed E-state index contributed by atoms with van der Waals surface area (Å²) in [6.07, 6.45) is 1.75. The molecule has 0 amide bonds. The maximum Gasteiger partial charge on any atom is 0.0956 e. The van der Waals surface area contributed by atoms with E-state index >= 15 is 0 Å². The summed E-state index contributed by atoms with van der Waals surface area (Å²) < 4.78 is 1.04. The van der Waals surface area contributed by atoms with E-state index in [0.717, 1.165) is 15.7 Å². The Morgan fingerprint density at radius 3 is 3.10 bits per heavy atom. The molecule has 0 unspecified atom stereocenters. The van der Waals surface area contributed by atoms with Gasteiger partial charge < -0.3 is 0 Å². The summed E-state index contributed by atoms with van der Waals surface area (Å²) in [4.78, 5) is 0.